The normalized spacial score (nSPS) is 10.6. The molecule has 23 heavy (non-hydrogen) atoms. The van der Waals surface area contributed by atoms with Crippen molar-refractivity contribution in [2.45, 2.75) is 0 Å². The molecule has 0 aliphatic carbocycles. The molecule has 0 spiro atoms. The summed E-state index contributed by atoms with van der Waals surface area (Å²) in [5.74, 6) is 1.47. The van der Waals surface area contributed by atoms with Crippen LogP contribution in [0.2, 0.25) is 0 Å². The van der Waals surface area contributed by atoms with Crippen LogP contribution in [0.25, 0.3) is 22.2 Å². The van der Waals surface area contributed by atoms with Gasteiger partial charge in [0, 0.05) is 17.1 Å². The predicted molar refractivity (Wildman–Crippen MR) is 87.5 cm³/mol. The fourth-order valence-electron chi connectivity index (χ4n) is 2.49. The Hall–Kier alpha value is -3.02. The lowest BCUT2D eigenvalue weighted by molar-refractivity contribution is 0.324. The third kappa shape index (κ3) is 2.59. The van der Waals surface area contributed by atoms with Crippen LogP contribution in [0.15, 0.2) is 41.3 Å². The average molecular weight is 312 g/mol. The summed E-state index contributed by atoms with van der Waals surface area (Å²) >= 11 is 0. The Bertz CT molecular complexity index is 893. The minimum atomic E-state index is -0.231. The van der Waals surface area contributed by atoms with Crippen LogP contribution < -0.4 is 19.8 Å². The first-order valence-electron chi connectivity index (χ1n) is 6.96. The molecular weight excluding hydrogens is 296 g/mol. The maximum atomic E-state index is 12.4. The number of pyridine rings is 2. The molecule has 2 aromatic heterocycles. The van der Waals surface area contributed by atoms with E-state index in [0.29, 0.717) is 34.0 Å². The van der Waals surface area contributed by atoms with Crippen LogP contribution >= 0.6 is 0 Å². The highest BCUT2D eigenvalue weighted by Gasteiger charge is 2.16. The van der Waals surface area contributed by atoms with Crippen LogP contribution in [-0.2, 0) is 0 Å². The minimum Gasteiger partial charge on any atom is -0.493 e. The van der Waals surface area contributed by atoms with Gasteiger partial charge in [-0.15, -0.1) is 0 Å². The largest absolute Gasteiger partial charge is 0.493 e. The van der Waals surface area contributed by atoms with Gasteiger partial charge in [-0.1, -0.05) is 0 Å². The number of hydrogen-bond acceptors (Lipinski definition) is 5. The standard InChI is InChI=1S/C17H16N2O4/c1-21-13-8-11(9-14(22-2)15(13)23-3)12-7-10-5-4-6-18-16(10)19-17(12)20/h4-9H,1-3H3,(H,18,19,20). The summed E-state index contributed by atoms with van der Waals surface area (Å²) in [7, 11) is 4.61. The second-order valence-corrected chi connectivity index (χ2v) is 4.87. The summed E-state index contributed by atoms with van der Waals surface area (Å²) in [5, 5.41) is 0.843. The zero-order valence-electron chi connectivity index (χ0n) is 13.0. The molecule has 3 aromatic rings. The van der Waals surface area contributed by atoms with Crippen LogP contribution in [-0.4, -0.2) is 31.3 Å². The van der Waals surface area contributed by atoms with Gasteiger partial charge in [0.1, 0.15) is 5.65 Å². The summed E-state index contributed by atoms with van der Waals surface area (Å²) in [6, 6.07) is 8.99. The van der Waals surface area contributed by atoms with Gasteiger partial charge in [-0.2, -0.15) is 0 Å². The van der Waals surface area contributed by atoms with Gasteiger partial charge in [-0.05, 0) is 35.9 Å². The molecule has 0 atom stereocenters. The van der Waals surface area contributed by atoms with Crippen molar-refractivity contribution in [1.82, 2.24) is 9.97 Å². The molecule has 0 amide bonds. The van der Waals surface area contributed by atoms with Gasteiger partial charge < -0.3 is 19.2 Å². The van der Waals surface area contributed by atoms with Crippen molar-refractivity contribution in [2.24, 2.45) is 0 Å². The van der Waals surface area contributed by atoms with Crippen LogP contribution in [0.3, 0.4) is 0 Å². The van der Waals surface area contributed by atoms with E-state index in [4.69, 9.17) is 14.2 Å². The number of H-pyrrole nitrogens is 1. The molecule has 0 saturated carbocycles. The number of aromatic amines is 1. The van der Waals surface area contributed by atoms with E-state index in [1.807, 2.05) is 12.1 Å². The molecule has 1 aromatic carbocycles. The van der Waals surface area contributed by atoms with Gasteiger partial charge in [-0.3, -0.25) is 4.79 Å². The Morgan fingerprint density at radius 1 is 1.00 bits per heavy atom. The number of benzene rings is 1. The summed E-state index contributed by atoms with van der Waals surface area (Å²) in [5.41, 5.74) is 1.50. The molecule has 6 nitrogen and oxygen atoms in total. The van der Waals surface area contributed by atoms with Crippen molar-refractivity contribution in [2.75, 3.05) is 21.3 Å². The van der Waals surface area contributed by atoms with E-state index in [2.05, 4.69) is 9.97 Å². The molecule has 2 heterocycles. The van der Waals surface area contributed by atoms with Gasteiger partial charge in [0.2, 0.25) is 5.75 Å². The first-order valence-corrected chi connectivity index (χ1v) is 6.96. The topological polar surface area (TPSA) is 73.4 Å². The highest BCUT2D eigenvalue weighted by Crippen LogP contribution is 2.40. The highest BCUT2D eigenvalue weighted by molar-refractivity contribution is 5.81. The predicted octanol–water partition coefficient (Wildman–Crippen LogP) is 2.62. The lowest BCUT2D eigenvalue weighted by Gasteiger charge is -2.14. The SMILES string of the molecule is COc1cc(-c2cc3cccnc3[nH]c2=O)cc(OC)c1OC. The number of rotatable bonds is 4. The number of ether oxygens (including phenoxy) is 3. The third-order valence-corrected chi connectivity index (χ3v) is 3.59. The smallest absolute Gasteiger partial charge is 0.257 e. The van der Waals surface area contributed by atoms with E-state index < -0.39 is 0 Å². The second kappa shape index (κ2) is 6.00. The Morgan fingerprint density at radius 2 is 1.70 bits per heavy atom. The van der Waals surface area contributed by atoms with Crippen LogP contribution in [0.5, 0.6) is 17.2 Å². The van der Waals surface area contributed by atoms with E-state index in [9.17, 15) is 4.79 Å². The van der Waals surface area contributed by atoms with Gasteiger partial charge in [0.25, 0.3) is 5.56 Å². The summed E-state index contributed by atoms with van der Waals surface area (Å²) in [4.78, 5) is 19.3. The first kappa shape index (κ1) is 14.9. The first-order chi connectivity index (χ1) is 11.2. The molecule has 1 N–H and O–H groups in total. The van der Waals surface area contributed by atoms with Crippen molar-refractivity contribution in [1.29, 1.82) is 0 Å². The quantitative estimate of drug-likeness (QED) is 0.801. The lowest BCUT2D eigenvalue weighted by atomic mass is 10.0. The number of nitrogens with one attached hydrogen (secondary N) is 1. The molecular formula is C17H16N2O4. The number of methoxy groups -OCH3 is 3. The van der Waals surface area contributed by atoms with Crippen LogP contribution in [0, 0.1) is 0 Å². The summed E-state index contributed by atoms with van der Waals surface area (Å²) in [6.07, 6.45) is 1.64. The Kier molecular flexibility index (Phi) is 3.89. The van der Waals surface area contributed by atoms with E-state index in [0.717, 1.165) is 5.39 Å². The monoisotopic (exact) mass is 312 g/mol. The molecule has 0 bridgehead atoms. The molecule has 0 unspecified atom stereocenters. The van der Waals surface area contributed by atoms with E-state index in [1.54, 1.807) is 24.4 Å². The van der Waals surface area contributed by atoms with Gasteiger partial charge >= 0.3 is 0 Å². The number of fused-ring (bicyclic) bond motifs is 1. The van der Waals surface area contributed by atoms with Crippen molar-refractivity contribution in [3.63, 3.8) is 0 Å². The molecule has 3 rings (SSSR count). The molecule has 0 fully saturated rings. The summed E-state index contributed by atoms with van der Waals surface area (Å²) in [6.45, 7) is 0. The van der Waals surface area contributed by atoms with Gasteiger partial charge in [0.15, 0.2) is 11.5 Å². The maximum absolute atomic E-state index is 12.4. The molecule has 6 heteroatoms. The lowest BCUT2D eigenvalue weighted by Crippen LogP contribution is -2.09. The van der Waals surface area contributed by atoms with E-state index in [-0.39, 0.29) is 5.56 Å². The van der Waals surface area contributed by atoms with Crippen molar-refractivity contribution < 1.29 is 14.2 Å². The molecule has 0 aliphatic rings. The number of nitrogens with zero attached hydrogens (tertiary/aromatic N) is 1. The van der Waals surface area contributed by atoms with Crippen LogP contribution in [0.1, 0.15) is 0 Å². The Balaban J connectivity index is 2.26. The minimum absolute atomic E-state index is 0.231. The molecule has 0 aliphatic heterocycles. The Labute approximate surface area is 132 Å². The average Bonchev–Trinajstić information content (AvgIpc) is 2.59. The van der Waals surface area contributed by atoms with Gasteiger partial charge in [0.05, 0.1) is 21.3 Å². The van der Waals surface area contributed by atoms with Crippen molar-refractivity contribution >= 4 is 11.0 Å². The Morgan fingerprint density at radius 3 is 2.30 bits per heavy atom. The van der Waals surface area contributed by atoms with E-state index >= 15 is 0 Å². The highest BCUT2D eigenvalue weighted by atomic mass is 16.5. The molecule has 118 valence electrons. The zero-order valence-corrected chi connectivity index (χ0v) is 13.0. The van der Waals surface area contributed by atoms with Crippen molar-refractivity contribution in [3.05, 3.63) is 46.9 Å². The maximum Gasteiger partial charge on any atom is 0.257 e. The fourth-order valence-corrected chi connectivity index (χ4v) is 2.49. The fraction of sp³-hybridized carbons (Fsp3) is 0.176. The zero-order chi connectivity index (χ0) is 16.4. The third-order valence-electron chi connectivity index (χ3n) is 3.59. The molecule has 0 saturated heterocycles. The number of hydrogen-bond donors (Lipinski definition) is 1. The number of aromatic nitrogens is 2. The van der Waals surface area contributed by atoms with E-state index in [1.165, 1.54) is 21.3 Å². The van der Waals surface area contributed by atoms with Crippen molar-refractivity contribution in [3.8, 4) is 28.4 Å². The second-order valence-electron chi connectivity index (χ2n) is 4.87. The summed E-state index contributed by atoms with van der Waals surface area (Å²) < 4.78 is 16.0. The van der Waals surface area contributed by atoms with Gasteiger partial charge in [-0.25, -0.2) is 4.98 Å². The van der Waals surface area contributed by atoms with Crippen LogP contribution in [0.4, 0.5) is 0 Å². The molecule has 0 radical (unpaired) electrons.